The smallest absolute Gasteiger partial charge is 0.211 e. The zero-order chi connectivity index (χ0) is 14.6. The van der Waals surface area contributed by atoms with Crippen LogP contribution >= 0.6 is 11.6 Å². The second-order valence-electron chi connectivity index (χ2n) is 5.51. The lowest BCUT2D eigenvalue weighted by molar-refractivity contribution is 0.0974. The molecule has 0 atom stereocenters. The average molecular weight is 298 g/mol. The summed E-state index contributed by atoms with van der Waals surface area (Å²) < 4.78 is 0. The number of halogens is 1. The Hall–Kier alpha value is -2.13. The number of nitrogens with one attached hydrogen (secondary N) is 1. The van der Waals surface area contributed by atoms with E-state index in [1.165, 1.54) is 0 Å². The Morgan fingerprint density at radius 3 is 2.10 bits per heavy atom. The molecule has 4 rings (SSSR count). The van der Waals surface area contributed by atoms with Gasteiger partial charge in [-0.15, -0.1) is 0 Å². The average Bonchev–Trinajstić information content (AvgIpc) is 3.32. The maximum Gasteiger partial charge on any atom is 0.211 e. The van der Waals surface area contributed by atoms with Crippen LogP contribution in [0.25, 0.3) is 10.8 Å². The standard InChI is InChI=1S/C17H12ClNO2/c18-14-15(19-11-5-6-11)17(21)13-8-10-4-2-1-3-9(10)7-12(13)16(14)20/h1-4,7-8,11,19H,5-6H2. The Morgan fingerprint density at radius 2 is 1.52 bits per heavy atom. The Labute approximate surface area is 126 Å². The molecule has 4 heteroatoms. The molecular weight excluding hydrogens is 286 g/mol. The van der Waals surface area contributed by atoms with E-state index in [-0.39, 0.29) is 28.3 Å². The highest BCUT2D eigenvalue weighted by Gasteiger charge is 2.34. The molecule has 1 N–H and O–H groups in total. The summed E-state index contributed by atoms with van der Waals surface area (Å²) in [6.45, 7) is 0. The van der Waals surface area contributed by atoms with E-state index in [1.807, 2.05) is 24.3 Å². The fraction of sp³-hybridized carbons (Fsp3) is 0.176. The molecule has 0 saturated heterocycles. The first-order valence-electron chi connectivity index (χ1n) is 6.93. The van der Waals surface area contributed by atoms with E-state index < -0.39 is 0 Å². The van der Waals surface area contributed by atoms with Gasteiger partial charge in [-0.05, 0) is 35.7 Å². The number of hydrogen-bond donors (Lipinski definition) is 1. The van der Waals surface area contributed by atoms with Crippen molar-refractivity contribution in [2.75, 3.05) is 0 Å². The summed E-state index contributed by atoms with van der Waals surface area (Å²) in [5.74, 6) is -0.465. The van der Waals surface area contributed by atoms with Crippen LogP contribution in [0.4, 0.5) is 0 Å². The van der Waals surface area contributed by atoms with Crippen molar-refractivity contribution in [1.82, 2.24) is 5.32 Å². The largest absolute Gasteiger partial charge is 0.378 e. The molecule has 0 aliphatic heterocycles. The van der Waals surface area contributed by atoms with E-state index in [0.717, 1.165) is 23.6 Å². The van der Waals surface area contributed by atoms with Crippen LogP contribution in [0.2, 0.25) is 0 Å². The molecule has 0 amide bonds. The number of rotatable bonds is 2. The van der Waals surface area contributed by atoms with Crippen molar-refractivity contribution >= 4 is 33.9 Å². The van der Waals surface area contributed by atoms with E-state index in [9.17, 15) is 9.59 Å². The number of ketones is 2. The Kier molecular flexibility index (Phi) is 2.66. The topological polar surface area (TPSA) is 46.2 Å². The van der Waals surface area contributed by atoms with E-state index in [1.54, 1.807) is 12.1 Å². The fourth-order valence-electron chi connectivity index (χ4n) is 2.64. The molecule has 2 aromatic rings. The van der Waals surface area contributed by atoms with Gasteiger partial charge in [0.2, 0.25) is 11.6 Å². The molecule has 0 aromatic heterocycles. The molecule has 0 radical (unpaired) electrons. The Bertz CT molecular complexity index is 834. The Balaban J connectivity index is 1.90. The summed E-state index contributed by atoms with van der Waals surface area (Å²) in [6, 6.07) is 11.5. The van der Waals surface area contributed by atoms with Gasteiger partial charge in [-0.1, -0.05) is 35.9 Å². The van der Waals surface area contributed by atoms with E-state index >= 15 is 0 Å². The predicted octanol–water partition coefficient (Wildman–Crippen LogP) is 3.42. The minimum Gasteiger partial charge on any atom is -0.378 e. The van der Waals surface area contributed by atoms with Crippen molar-refractivity contribution in [3.05, 3.63) is 58.3 Å². The summed E-state index contributed by atoms with van der Waals surface area (Å²) in [4.78, 5) is 25.1. The first kappa shape index (κ1) is 12.6. The van der Waals surface area contributed by atoms with Crippen LogP contribution in [0.3, 0.4) is 0 Å². The molecule has 0 bridgehead atoms. The van der Waals surface area contributed by atoms with Crippen molar-refractivity contribution in [1.29, 1.82) is 0 Å². The minimum atomic E-state index is -0.278. The third kappa shape index (κ3) is 1.96. The third-order valence-electron chi connectivity index (χ3n) is 3.95. The zero-order valence-corrected chi connectivity index (χ0v) is 11.9. The van der Waals surface area contributed by atoms with Gasteiger partial charge in [0.15, 0.2) is 0 Å². The summed E-state index contributed by atoms with van der Waals surface area (Å²) in [6.07, 6.45) is 2.03. The van der Waals surface area contributed by atoms with Crippen LogP contribution < -0.4 is 5.32 Å². The highest BCUT2D eigenvalue weighted by Crippen LogP contribution is 2.32. The molecule has 0 spiro atoms. The van der Waals surface area contributed by atoms with E-state index in [0.29, 0.717) is 11.1 Å². The van der Waals surface area contributed by atoms with Gasteiger partial charge in [-0.2, -0.15) is 0 Å². The van der Waals surface area contributed by atoms with Gasteiger partial charge < -0.3 is 5.32 Å². The number of benzene rings is 2. The highest BCUT2D eigenvalue weighted by molar-refractivity contribution is 6.50. The summed E-state index contributed by atoms with van der Waals surface area (Å²) in [5, 5.41) is 4.97. The van der Waals surface area contributed by atoms with Gasteiger partial charge in [-0.25, -0.2) is 0 Å². The van der Waals surface area contributed by atoms with Crippen LogP contribution in [0.5, 0.6) is 0 Å². The first-order valence-corrected chi connectivity index (χ1v) is 7.31. The number of allylic oxidation sites excluding steroid dienone is 2. The quantitative estimate of drug-likeness (QED) is 0.924. The predicted molar refractivity (Wildman–Crippen MR) is 81.6 cm³/mol. The molecule has 0 unspecified atom stereocenters. The second-order valence-corrected chi connectivity index (χ2v) is 5.89. The molecular formula is C17H12ClNO2. The van der Waals surface area contributed by atoms with Crippen molar-refractivity contribution < 1.29 is 9.59 Å². The molecule has 2 aromatic carbocycles. The van der Waals surface area contributed by atoms with Crippen molar-refractivity contribution in [2.24, 2.45) is 0 Å². The SMILES string of the molecule is O=C1C(Cl)=C(NC2CC2)C(=O)c2cc3ccccc3cc21. The van der Waals surface area contributed by atoms with Crippen molar-refractivity contribution in [3.8, 4) is 0 Å². The monoisotopic (exact) mass is 297 g/mol. The molecule has 0 heterocycles. The van der Waals surface area contributed by atoms with Gasteiger partial charge in [-0.3, -0.25) is 9.59 Å². The van der Waals surface area contributed by atoms with E-state index in [2.05, 4.69) is 5.32 Å². The van der Waals surface area contributed by atoms with Gasteiger partial charge in [0.1, 0.15) is 10.7 Å². The summed E-state index contributed by atoms with van der Waals surface area (Å²) in [7, 11) is 0. The maximum atomic E-state index is 12.6. The fourth-order valence-corrected chi connectivity index (χ4v) is 2.89. The molecule has 1 fully saturated rings. The number of carbonyl (C=O) groups is 2. The number of Topliss-reactive ketones (excluding diaryl/α,β-unsaturated/α-hetero) is 2. The van der Waals surface area contributed by atoms with Gasteiger partial charge in [0, 0.05) is 17.2 Å². The van der Waals surface area contributed by atoms with Gasteiger partial charge >= 0.3 is 0 Å². The molecule has 21 heavy (non-hydrogen) atoms. The van der Waals surface area contributed by atoms with Gasteiger partial charge in [0.25, 0.3) is 0 Å². The normalized spacial score (nSPS) is 18.1. The van der Waals surface area contributed by atoms with E-state index in [4.69, 9.17) is 11.6 Å². The van der Waals surface area contributed by atoms with Crippen LogP contribution in [0.1, 0.15) is 33.6 Å². The maximum absolute atomic E-state index is 12.6. The van der Waals surface area contributed by atoms with Crippen LogP contribution in [-0.2, 0) is 0 Å². The van der Waals surface area contributed by atoms with Crippen LogP contribution in [-0.4, -0.2) is 17.6 Å². The molecule has 104 valence electrons. The molecule has 1 saturated carbocycles. The first-order chi connectivity index (χ1) is 10.1. The molecule has 3 nitrogen and oxygen atoms in total. The summed E-state index contributed by atoms with van der Waals surface area (Å²) >= 11 is 6.13. The van der Waals surface area contributed by atoms with Gasteiger partial charge in [0.05, 0.1) is 0 Å². The second kappa shape index (κ2) is 4.43. The zero-order valence-electron chi connectivity index (χ0n) is 11.2. The molecule has 2 aliphatic carbocycles. The minimum absolute atomic E-state index is 0.00896. The number of hydrogen-bond acceptors (Lipinski definition) is 3. The van der Waals surface area contributed by atoms with Crippen molar-refractivity contribution in [3.63, 3.8) is 0 Å². The summed E-state index contributed by atoms with van der Waals surface area (Å²) in [5.41, 5.74) is 1.09. The lowest BCUT2D eigenvalue weighted by Gasteiger charge is -2.19. The van der Waals surface area contributed by atoms with Crippen LogP contribution in [0.15, 0.2) is 47.1 Å². The lowest BCUT2D eigenvalue weighted by atomic mass is 9.89. The van der Waals surface area contributed by atoms with Crippen LogP contribution in [0, 0.1) is 0 Å². The number of carbonyl (C=O) groups excluding carboxylic acids is 2. The third-order valence-corrected chi connectivity index (χ3v) is 4.31. The Morgan fingerprint density at radius 1 is 0.952 bits per heavy atom. The lowest BCUT2D eigenvalue weighted by Crippen LogP contribution is -2.30. The molecule has 2 aliphatic rings. The number of fused-ring (bicyclic) bond motifs is 2. The van der Waals surface area contributed by atoms with Crippen molar-refractivity contribution in [2.45, 2.75) is 18.9 Å². The highest BCUT2D eigenvalue weighted by atomic mass is 35.5.